The Morgan fingerprint density at radius 2 is 1.97 bits per heavy atom. The van der Waals surface area contributed by atoms with Crippen LogP contribution < -0.4 is 5.32 Å². The van der Waals surface area contributed by atoms with Crippen LogP contribution in [0.15, 0.2) is 18.2 Å². The number of piperidine rings is 1. The molecule has 1 aromatic carbocycles. The van der Waals surface area contributed by atoms with Crippen molar-refractivity contribution in [3.63, 3.8) is 0 Å². The molecule has 3 aliphatic rings. The number of carbonyl (C=O) groups is 1. The molecule has 2 aromatic rings. The summed E-state index contributed by atoms with van der Waals surface area (Å²) < 4.78 is 61.3. The summed E-state index contributed by atoms with van der Waals surface area (Å²) in [4.78, 5) is 25.0. The molecule has 0 atom stereocenters. The highest BCUT2D eigenvalue weighted by molar-refractivity contribution is 6.28. The highest BCUT2D eigenvalue weighted by Crippen LogP contribution is 2.35. The molecule has 0 spiro atoms. The third kappa shape index (κ3) is 4.68. The molecule has 1 amide bonds. The number of ether oxygens (including phenoxy) is 1. The van der Waals surface area contributed by atoms with Crippen molar-refractivity contribution in [2.75, 3.05) is 31.6 Å². The Morgan fingerprint density at radius 3 is 2.63 bits per heavy atom. The van der Waals surface area contributed by atoms with Crippen LogP contribution in [0.1, 0.15) is 41.7 Å². The van der Waals surface area contributed by atoms with Crippen LogP contribution >= 0.6 is 11.6 Å². The van der Waals surface area contributed by atoms with E-state index in [0.29, 0.717) is 43.6 Å². The fraction of sp³-hybridized carbons (Fsp3) is 0.522. The van der Waals surface area contributed by atoms with Crippen LogP contribution in [0.3, 0.4) is 0 Å². The molecule has 1 aromatic heterocycles. The second-order valence-electron chi connectivity index (χ2n) is 9.09. The molecule has 0 bridgehead atoms. The number of likely N-dealkylation sites (tertiary alicyclic amines) is 1. The van der Waals surface area contributed by atoms with Gasteiger partial charge in [-0.2, -0.15) is 0 Å². The zero-order valence-electron chi connectivity index (χ0n) is 18.7. The van der Waals surface area contributed by atoms with Crippen molar-refractivity contribution in [1.29, 1.82) is 0 Å². The van der Waals surface area contributed by atoms with E-state index in [2.05, 4.69) is 20.2 Å². The van der Waals surface area contributed by atoms with Crippen molar-refractivity contribution in [2.45, 2.75) is 50.6 Å². The van der Waals surface area contributed by atoms with Crippen LogP contribution in [0.2, 0.25) is 5.28 Å². The summed E-state index contributed by atoms with van der Waals surface area (Å²) >= 11 is 6.05. The molecule has 5 rings (SSSR count). The van der Waals surface area contributed by atoms with Gasteiger partial charge in [0.05, 0.1) is 43.6 Å². The molecular formula is C23H24ClF4N5O2. The van der Waals surface area contributed by atoms with Crippen molar-refractivity contribution >= 4 is 23.3 Å². The second kappa shape index (κ2) is 9.51. The predicted molar refractivity (Wildman–Crippen MR) is 119 cm³/mol. The lowest BCUT2D eigenvalue weighted by molar-refractivity contribution is -0.151. The summed E-state index contributed by atoms with van der Waals surface area (Å²) in [6, 6.07) is 4.07. The van der Waals surface area contributed by atoms with Crippen molar-refractivity contribution in [1.82, 2.24) is 19.8 Å². The van der Waals surface area contributed by atoms with Gasteiger partial charge in [-0.15, -0.1) is 0 Å². The summed E-state index contributed by atoms with van der Waals surface area (Å²) in [7, 11) is 0. The van der Waals surface area contributed by atoms with E-state index >= 15 is 4.39 Å². The average Bonchev–Trinajstić information content (AvgIpc) is 3.21. The number of carbonyl (C=O) groups excluding carboxylic acids is 1. The number of halogens is 5. The number of nitrogens with one attached hydrogen (secondary N) is 1. The van der Waals surface area contributed by atoms with E-state index in [1.54, 1.807) is 0 Å². The molecule has 188 valence electrons. The third-order valence-corrected chi connectivity index (χ3v) is 7.11. The van der Waals surface area contributed by atoms with Crippen LogP contribution in [0, 0.1) is 5.82 Å². The van der Waals surface area contributed by atoms with E-state index in [4.69, 9.17) is 16.3 Å². The van der Waals surface area contributed by atoms with Gasteiger partial charge in [-0.25, -0.2) is 27.5 Å². The molecule has 2 saturated heterocycles. The van der Waals surface area contributed by atoms with Gasteiger partial charge in [0.2, 0.25) is 5.28 Å². The molecule has 0 aliphatic carbocycles. The van der Waals surface area contributed by atoms with Gasteiger partial charge in [-0.3, -0.25) is 9.69 Å². The number of amides is 1. The number of anilines is 1. The van der Waals surface area contributed by atoms with Crippen molar-refractivity contribution in [3.8, 4) is 0 Å². The maximum atomic E-state index is 15.7. The molecule has 7 nitrogen and oxygen atoms in total. The van der Waals surface area contributed by atoms with E-state index < -0.39 is 29.4 Å². The first-order chi connectivity index (χ1) is 16.7. The average molecular weight is 514 g/mol. The topological polar surface area (TPSA) is 70.6 Å². The number of aromatic nitrogens is 2. The minimum atomic E-state index is -2.94. The first-order valence-electron chi connectivity index (χ1n) is 11.4. The Morgan fingerprint density at radius 1 is 1.23 bits per heavy atom. The van der Waals surface area contributed by atoms with Crippen molar-refractivity contribution in [2.24, 2.45) is 0 Å². The quantitative estimate of drug-likeness (QED) is 0.467. The van der Waals surface area contributed by atoms with Gasteiger partial charge in [0, 0.05) is 43.6 Å². The van der Waals surface area contributed by atoms with Gasteiger partial charge < -0.3 is 15.0 Å². The molecule has 0 saturated carbocycles. The molecule has 3 aliphatic heterocycles. The normalized spacial score (nSPS) is 20.1. The Hall–Kier alpha value is -2.50. The van der Waals surface area contributed by atoms with Gasteiger partial charge in [0.15, 0.2) is 5.67 Å². The molecule has 0 radical (unpaired) electrons. The Bertz CT molecular complexity index is 1130. The standard InChI is InChI=1S/C23H24ClF4N5O2/c24-22-30-17-10-33(21(34)23(28)4-6-32(7-5-23)14-11-35-12-14)9-16(17)20(31-22)29-8-13-2-1-3-15(18(13)25)19(26)27/h1-3,14,19H,4-12H2,(H,29,30,31). The van der Waals surface area contributed by atoms with Crippen molar-refractivity contribution in [3.05, 3.63) is 51.7 Å². The predicted octanol–water partition coefficient (Wildman–Crippen LogP) is 3.86. The number of benzene rings is 1. The van der Waals surface area contributed by atoms with Crippen LogP contribution in [0.25, 0.3) is 0 Å². The molecule has 2 fully saturated rings. The highest BCUT2D eigenvalue weighted by atomic mass is 35.5. The Balaban J connectivity index is 1.28. The maximum Gasteiger partial charge on any atom is 0.266 e. The molecule has 12 heteroatoms. The minimum absolute atomic E-state index is 0.0311. The Kier molecular flexibility index (Phi) is 6.58. The number of nitrogens with zero attached hydrogens (tertiary/aromatic N) is 4. The summed E-state index contributed by atoms with van der Waals surface area (Å²) in [6.07, 6.45) is -2.73. The first kappa shape index (κ1) is 24.2. The number of alkyl halides is 3. The Labute approximate surface area is 204 Å². The summed E-state index contributed by atoms with van der Waals surface area (Å²) in [5.74, 6) is -1.34. The lowest BCUT2D eigenvalue weighted by Crippen LogP contribution is -2.57. The van der Waals surface area contributed by atoms with Crippen LogP contribution in [-0.2, 0) is 29.2 Å². The molecule has 0 unspecified atom stereocenters. The zero-order chi connectivity index (χ0) is 24.7. The molecule has 4 heterocycles. The number of rotatable bonds is 6. The third-order valence-electron chi connectivity index (χ3n) is 6.94. The molecule has 35 heavy (non-hydrogen) atoms. The van der Waals surface area contributed by atoms with Crippen LogP contribution in [-0.4, -0.2) is 63.7 Å². The summed E-state index contributed by atoms with van der Waals surface area (Å²) in [6.45, 7) is 2.26. The fourth-order valence-electron chi connectivity index (χ4n) is 4.77. The lowest BCUT2D eigenvalue weighted by Gasteiger charge is -2.43. The highest BCUT2D eigenvalue weighted by Gasteiger charge is 2.47. The summed E-state index contributed by atoms with van der Waals surface area (Å²) in [5.41, 5.74) is -1.61. The van der Waals surface area contributed by atoms with E-state index in [1.165, 1.54) is 17.0 Å². The van der Waals surface area contributed by atoms with E-state index in [9.17, 15) is 18.0 Å². The monoisotopic (exact) mass is 513 g/mol. The molecule has 1 N–H and O–H groups in total. The van der Waals surface area contributed by atoms with Crippen LogP contribution in [0.5, 0.6) is 0 Å². The van der Waals surface area contributed by atoms with Gasteiger partial charge in [-0.1, -0.05) is 18.2 Å². The smallest absolute Gasteiger partial charge is 0.266 e. The van der Waals surface area contributed by atoms with Gasteiger partial charge in [-0.05, 0) is 11.6 Å². The summed E-state index contributed by atoms with van der Waals surface area (Å²) in [5, 5.41) is 2.83. The van der Waals surface area contributed by atoms with E-state index in [-0.39, 0.29) is 49.1 Å². The first-order valence-corrected chi connectivity index (χ1v) is 11.8. The van der Waals surface area contributed by atoms with Gasteiger partial charge >= 0.3 is 0 Å². The lowest BCUT2D eigenvalue weighted by atomic mass is 9.90. The zero-order valence-corrected chi connectivity index (χ0v) is 19.5. The van der Waals surface area contributed by atoms with Gasteiger partial charge in [0.1, 0.15) is 11.6 Å². The fourth-order valence-corrected chi connectivity index (χ4v) is 4.96. The van der Waals surface area contributed by atoms with E-state index in [1.807, 2.05) is 0 Å². The number of hydrogen-bond acceptors (Lipinski definition) is 6. The maximum absolute atomic E-state index is 15.7. The number of fused-ring (bicyclic) bond motifs is 1. The van der Waals surface area contributed by atoms with Crippen LogP contribution in [0.4, 0.5) is 23.4 Å². The van der Waals surface area contributed by atoms with E-state index in [0.717, 1.165) is 6.07 Å². The van der Waals surface area contributed by atoms with Gasteiger partial charge in [0.25, 0.3) is 12.3 Å². The minimum Gasteiger partial charge on any atom is -0.378 e. The SMILES string of the molecule is O=C(N1Cc2nc(Cl)nc(NCc3cccc(C(F)F)c3F)c2C1)C1(F)CCN(C2COC2)CC1. The largest absolute Gasteiger partial charge is 0.378 e. The number of hydrogen-bond donors (Lipinski definition) is 1. The van der Waals surface area contributed by atoms with Crippen molar-refractivity contribution < 1.29 is 27.1 Å². The molecular weight excluding hydrogens is 490 g/mol. The second-order valence-corrected chi connectivity index (χ2v) is 9.43.